The van der Waals surface area contributed by atoms with Crippen LogP contribution in [-0.4, -0.2) is 26.3 Å². The number of rotatable bonds is 4. The molecule has 3 atom stereocenters. The number of benzene rings is 1. The SMILES string of the molecule is CC[C@@]1(O)C(=O)CCc2c1cc1n(c2=O)Cc2c-1nc1cc(F)c(Br)c3c1c2[C@H](NC(=O)C[C@H](C)C(C)(C)C)CC3. The summed E-state index contributed by atoms with van der Waals surface area (Å²) >= 11 is 3.44. The number of amides is 1. The Balaban J connectivity index is 1.54. The molecular formula is C32H35BrFN3O4. The normalized spacial score (nSPS) is 21.9. The van der Waals surface area contributed by atoms with Crippen molar-refractivity contribution in [1.29, 1.82) is 0 Å². The van der Waals surface area contributed by atoms with Gasteiger partial charge >= 0.3 is 0 Å². The van der Waals surface area contributed by atoms with Crippen LogP contribution in [0.25, 0.3) is 22.3 Å². The fourth-order valence-electron chi connectivity index (χ4n) is 6.72. The molecule has 1 amide bonds. The lowest BCUT2D eigenvalue weighted by atomic mass is 9.77. The first-order valence-corrected chi connectivity index (χ1v) is 15.2. The zero-order valence-corrected chi connectivity index (χ0v) is 25.7. The van der Waals surface area contributed by atoms with Crippen molar-refractivity contribution in [2.45, 2.75) is 91.3 Å². The number of fused-ring (bicyclic) bond motifs is 5. The molecule has 0 fully saturated rings. The molecule has 3 heterocycles. The molecule has 3 aromatic rings. The van der Waals surface area contributed by atoms with Gasteiger partial charge in [-0.1, -0.05) is 34.6 Å². The Labute approximate surface area is 246 Å². The smallest absolute Gasteiger partial charge is 0.254 e. The molecule has 0 unspecified atom stereocenters. The Morgan fingerprint density at radius 3 is 2.63 bits per heavy atom. The molecule has 0 saturated carbocycles. The van der Waals surface area contributed by atoms with Crippen molar-refractivity contribution in [2.24, 2.45) is 11.3 Å². The van der Waals surface area contributed by atoms with E-state index in [1.165, 1.54) is 6.07 Å². The van der Waals surface area contributed by atoms with Gasteiger partial charge in [-0.05, 0) is 70.1 Å². The summed E-state index contributed by atoms with van der Waals surface area (Å²) in [6.07, 6.45) is 2.09. The number of nitrogens with one attached hydrogen (secondary N) is 1. The minimum Gasteiger partial charge on any atom is -0.377 e. The second kappa shape index (κ2) is 9.56. The largest absolute Gasteiger partial charge is 0.377 e. The van der Waals surface area contributed by atoms with Crippen LogP contribution in [0, 0.1) is 17.2 Å². The number of hydrogen-bond donors (Lipinski definition) is 2. The number of carbonyl (C=O) groups excluding carboxylic acids is 2. The molecule has 1 aliphatic heterocycles. The van der Waals surface area contributed by atoms with Crippen molar-refractivity contribution < 1.29 is 19.1 Å². The molecule has 2 aromatic heterocycles. The molecule has 41 heavy (non-hydrogen) atoms. The summed E-state index contributed by atoms with van der Waals surface area (Å²) in [7, 11) is 0. The monoisotopic (exact) mass is 623 g/mol. The van der Waals surface area contributed by atoms with Crippen LogP contribution in [0.4, 0.5) is 4.39 Å². The molecule has 9 heteroatoms. The van der Waals surface area contributed by atoms with Crippen molar-refractivity contribution in [3.05, 3.63) is 60.6 Å². The van der Waals surface area contributed by atoms with Crippen LogP contribution in [0.1, 0.15) is 94.2 Å². The topological polar surface area (TPSA) is 101 Å². The number of halogens is 2. The third-order valence-corrected chi connectivity index (χ3v) is 10.6. The second-order valence-corrected chi connectivity index (χ2v) is 13.8. The highest BCUT2D eigenvalue weighted by molar-refractivity contribution is 9.10. The van der Waals surface area contributed by atoms with Crippen LogP contribution < -0.4 is 10.9 Å². The maximum Gasteiger partial charge on any atom is 0.254 e. The van der Waals surface area contributed by atoms with E-state index in [1.807, 2.05) is 0 Å². The molecule has 2 aliphatic carbocycles. The molecule has 1 aromatic carbocycles. The van der Waals surface area contributed by atoms with Crippen molar-refractivity contribution in [3.8, 4) is 11.4 Å². The summed E-state index contributed by atoms with van der Waals surface area (Å²) in [4.78, 5) is 44.8. The van der Waals surface area contributed by atoms with Gasteiger partial charge < -0.3 is 15.0 Å². The van der Waals surface area contributed by atoms with Gasteiger partial charge in [-0.2, -0.15) is 0 Å². The van der Waals surface area contributed by atoms with Gasteiger partial charge in [0.15, 0.2) is 5.78 Å². The first-order valence-electron chi connectivity index (χ1n) is 14.4. The highest BCUT2D eigenvalue weighted by atomic mass is 79.9. The van der Waals surface area contributed by atoms with E-state index in [4.69, 9.17) is 4.98 Å². The molecule has 2 N–H and O–H groups in total. The number of pyridine rings is 2. The van der Waals surface area contributed by atoms with Gasteiger partial charge in [-0.3, -0.25) is 14.4 Å². The van der Waals surface area contributed by atoms with Gasteiger partial charge in [-0.15, -0.1) is 0 Å². The molecule has 0 spiro atoms. The third kappa shape index (κ3) is 4.22. The molecule has 0 radical (unpaired) electrons. The van der Waals surface area contributed by atoms with Crippen molar-refractivity contribution in [3.63, 3.8) is 0 Å². The van der Waals surface area contributed by atoms with Crippen LogP contribution in [0.15, 0.2) is 21.4 Å². The average Bonchev–Trinajstić information content (AvgIpc) is 3.28. The second-order valence-electron chi connectivity index (χ2n) is 13.0. The van der Waals surface area contributed by atoms with E-state index in [2.05, 4.69) is 48.9 Å². The lowest BCUT2D eigenvalue weighted by Gasteiger charge is -2.32. The number of aromatic nitrogens is 2. The maximum atomic E-state index is 15.1. The Morgan fingerprint density at radius 2 is 1.95 bits per heavy atom. The van der Waals surface area contributed by atoms with E-state index in [0.29, 0.717) is 51.8 Å². The molecule has 3 aliphatic rings. The van der Waals surface area contributed by atoms with Crippen molar-refractivity contribution in [2.75, 3.05) is 0 Å². The molecule has 0 saturated heterocycles. The fourth-order valence-corrected chi connectivity index (χ4v) is 7.23. The van der Waals surface area contributed by atoms with E-state index in [-0.39, 0.29) is 60.4 Å². The lowest BCUT2D eigenvalue weighted by molar-refractivity contribution is -0.140. The molecule has 0 bridgehead atoms. The van der Waals surface area contributed by atoms with Gasteiger partial charge in [0.25, 0.3) is 5.56 Å². The predicted molar refractivity (Wildman–Crippen MR) is 158 cm³/mol. The molecule has 7 nitrogen and oxygen atoms in total. The summed E-state index contributed by atoms with van der Waals surface area (Å²) in [5.74, 6) is -0.589. The van der Waals surface area contributed by atoms with Crippen LogP contribution in [0.5, 0.6) is 0 Å². The first-order chi connectivity index (χ1) is 19.3. The Morgan fingerprint density at radius 1 is 1.22 bits per heavy atom. The highest BCUT2D eigenvalue weighted by Gasteiger charge is 2.44. The first kappa shape index (κ1) is 28.2. The number of carbonyl (C=O) groups is 2. The number of Topliss-reactive ketones (excluding diaryl/α,β-unsaturated/α-hetero) is 1. The highest BCUT2D eigenvalue weighted by Crippen LogP contribution is 2.47. The number of aryl methyl sites for hydroxylation is 1. The van der Waals surface area contributed by atoms with Crippen molar-refractivity contribution >= 4 is 38.5 Å². The van der Waals surface area contributed by atoms with E-state index in [0.717, 1.165) is 22.1 Å². The van der Waals surface area contributed by atoms with Crippen LogP contribution in [-0.2, 0) is 34.6 Å². The minimum atomic E-state index is -1.72. The van der Waals surface area contributed by atoms with Gasteiger partial charge in [-0.25, -0.2) is 9.37 Å². The lowest BCUT2D eigenvalue weighted by Crippen LogP contribution is -2.43. The Kier molecular flexibility index (Phi) is 6.58. The Bertz CT molecular complexity index is 1720. The number of nitrogens with zero attached hydrogens (tertiary/aromatic N) is 2. The van der Waals surface area contributed by atoms with Crippen LogP contribution >= 0.6 is 15.9 Å². The summed E-state index contributed by atoms with van der Waals surface area (Å²) in [6.45, 7) is 10.4. The number of aliphatic hydroxyl groups is 1. The summed E-state index contributed by atoms with van der Waals surface area (Å²) < 4.78 is 17.1. The van der Waals surface area contributed by atoms with Gasteiger partial charge in [0.2, 0.25) is 5.91 Å². The fraction of sp³-hybridized carbons (Fsp3) is 0.500. The van der Waals surface area contributed by atoms with Gasteiger partial charge in [0.05, 0.1) is 34.0 Å². The van der Waals surface area contributed by atoms with E-state index in [1.54, 1.807) is 17.6 Å². The van der Waals surface area contributed by atoms with E-state index < -0.39 is 11.4 Å². The van der Waals surface area contributed by atoms with Crippen molar-refractivity contribution in [1.82, 2.24) is 14.9 Å². The molecule has 6 rings (SSSR count). The number of hydrogen-bond acceptors (Lipinski definition) is 5. The quantitative estimate of drug-likeness (QED) is 0.307. The predicted octanol–water partition coefficient (Wildman–Crippen LogP) is 5.62. The standard InChI is InChI=1S/C32H35BrFN3O4/c1-6-32(41)19-12-23-29-18(14-37(23)30(40)16(19)8-10-24(32)38)27-21(35-25(39)11-15(2)31(3,4)5)9-7-17-26(27)22(36-29)13-20(34)28(17)33/h12-13,15,21,41H,6-11,14H2,1-5H3,(H,35,39)/t15-,21+,32-/m0/s1. The summed E-state index contributed by atoms with van der Waals surface area (Å²) in [5, 5.41) is 15.4. The van der Waals surface area contributed by atoms with Gasteiger partial charge in [0.1, 0.15) is 11.4 Å². The maximum absolute atomic E-state index is 15.1. The average molecular weight is 625 g/mol. The number of ketones is 1. The zero-order chi connectivity index (χ0) is 29.6. The minimum absolute atomic E-state index is 0.0200. The van der Waals surface area contributed by atoms with Crippen LogP contribution in [0.3, 0.4) is 0 Å². The van der Waals surface area contributed by atoms with E-state index in [9.17, 15) is 19.5 Å². The Hall–Kier alpha value is -2.91. The molecule has 216 valence electrons. The third-order valence-electron chi connectivity index (χ3n) is 9.72. The van der Waals surface area contributed by atoms with Crippen LogP contribution in [0.2, 0.25) is 0 Å². The summed E-state index contributed by atoms with van der Waals surface area (Å²) in [5.41, 5.74) is 2.81. The summed E-state index contributed by atoms with van der Waals surface area (Å²) in [6, 6.07) is 2.79. The zero-order valence-electron chi connectivity index (χ0n) is 24.1. The molecular weight excluding hydrogens is 589 g/mol. The van der Waals surface area contributed by atoms with E-state index >= 15 is 4.39 Å². The van der Waals surface area contributed by atoms with Gasteiger partial charge in [0, 0.05) is 41.0 Å².